The number of benzene rings is 1. The fourth-order valence-corrected chi connectivity index (χ4v) is 2.42. The smallest absolute Gasteiger partial charge is 0.407 e. The van der Waals surface area contributed by atoms with Crippen molar-refractivity contribution in [1.82, 2.24) is 5.32 Å². The third kappa shape index (κ3) is 5.06. The van der Waals surface area contributed by atoms with Gasteiger partial charge in [-0.15, -0.1) is 0 Å². The number of amides is 1. The lowest BCUT2D eigenvalue weighted by Gasteiger charge is -2.20. The number of esters is 1. The van der Waals surface area contributed by atoms with Crippen LogP contribution in [-0.4, -0.2) is 30.3 Å². The number of hydrogen-bond acceptors (Lipinski definition) is 4. The van der Waals surface area contributed by atoms with Crippen LogP contribution < -0.4 is 5.32 Å². The van der Waals surface area contributed by atoms with Gasteiger partial charge in [0, 0.05) is 0 Å². The van der Waals surface area contributed by atoms with Crippen molar-refractivity contribution in [2.24, 2.45) is 5.92 Å². The number of rotatable bonds is 4. The van der Waals surface area contributed by atoms with Crippen molar-refractivity contribution < 1.29 is 19.1 Å². The molecule has 0 bridgehead atoms. The van der Waals surface area contributed by atoms with Gasteiger partial charge in [0.1, 0.15) is 11.7 Å². The summed E-state index contributed by atoms with van der Waals surface area (Å²) in [6, 6.07) is 9.86. The minimum Gasteiger partial charge on any atom is -0.460 e. The highest BCUT2D eigenvalue weighted by Crippen LogP contribution is 2.24. The molecule has 1 N–H and O–H groups in total. The van der Waals surface area contributed by atoms with Crippen LogP contribution in [0.5, 0.6) is 0 Å². The molecule has 5 heteroatoms. The second kappa shape index (κ2) is 6.81. The summed E-state index contributed by atoms with van der Waals surface area (Å²) in [4.78, 5) is 23.5. The Hall–Kier alpha value is -2.04. The van der Waals surface area contributed by atoms with Crippen molar-refractivity contribution >= 4 is 12.1 Å². The average Bonchev–Trinajstić information content (AvgIpc) is 2.76. The van der Waals surface area contributed by atoms with Crippen LogP contribution in [0.1, 0.15) is 32.8 Å². The molecule has 1 fully saturated rings. The van der Waals surface area contributed by atoms with E-state index in [2.05, 4.69) is 5.32 Å². The van der Waals surface area contributed by atoms with E-state index in [1.54, 1.807) is 20.8 Å². The molecule has 0 saturated carbocycles. The Labute approximate surface area is 131 Å². The number of carbonyl (C=O) groups excluding carboxylic acids is 2. The fraction of sp³-hybridized carbons (Fsp3) is 0.529. The average molecular weight is 305 g/mol. The summed E-state index contributed by atoms with van der Waals surface area (Å²) < 4.78 is 10.5. The summed E-state index contributed by atoms with van der Waals surface area (Å²) in [6.45, 7) is 5.69. The lowest BCUT2D eigenvalue weighted by molar-refractivity contribution is -0.144. The van der Waals surface area contributed by atoms with Crippen LogP contribution in [0.3, 0.4) is 0 Å². The highest BCUT2D eigenvalue weighted by molar-refractivity contribution is 5.75. The van der Waals surface area contributed by atoms with Crippen molar-refractivity contribution in [1.29, 1.82) is 0 Å². The minimum atomic E-state index is -0.535. The molecule has 1 aromatic carbocycles. The Balaban J connectivity index is 1.79. The predicted molar refractivity (Wildman–Crippen MR) is 82.4 cm³/mol. The second-order valence-electron chi connectivity index (χ2n) is 6.56. The monoisotopic (exact) mass is 305 g/mol. The molecule has 0 aromatic heterocycles. The van der Waals surface area contributed by atoms with E-state index in [0.29, 0.717) is 12.8 Å². The third-order valence-electron chi connectivity index (χ3n) is 3.36. The van der Waals surface area contributed by atoms with Gasteiger partial charge in [0.25, 0.3) is 0 Å². The molecular weight excluding hydrogens is 282 g/mol. The van der Waals surface area contributed by atoms with Gasteiger partial charge in [0.15, 0.2) is 0 Å². The van der Waals surface area contributed by atoms with Crippen LogP contribution in [0.2, 0.25) is 0 Å². The van der Waals surface area contributed by atoms with Crippen LogP contribution in [0.15, 0.2) is 30.3 Å². The Bertz CT molecular complexity index is 521. The standard InChI is InChI=1S/C17H23NO4/c1-17(2,3)22-16(20)18-11-14-10-13(15(19)21-14)9-12-7-5-4-6-8-12/h4-8,13-14H,9-11H2,1-3H3,(H,18,20)/t13-,14+/m1/s1. The first kappa shape index (κ1) is 16.3. The summed E-state index contributed by atoms with van der Waals surface area (Å²) in [7, 11) is 0. The second-order valence-corrected chi connectivity index (χ2v) is 6.56. The van der Waals surface area contributed by atoms with Gasteiger partial charge in [0.05, 0.1) is 12.5 Å². The van der Waals surface area contributed by atoms with Gasteiger partial charge >= 0.3 is 12.1 Å². The van der Waals surface area contributed by atoms with Crippen LogP contribution >= 0.6 is 0 Å². The SMILES string of the molecule is CC(C)(C)OC(=O)NC[C@@H]1C[C@@H](Cc2ccccc2)C(=O)O1. The van der Waals surface area contributed by atoms with E-state index >= 15 is 0 Å². The zero-order chi connectivity index (χ0) is 16.2. The summed E-state index contributed by atoms with van der Waals surface area (Å²) in [5, 5.41) is 2.65. The normalized spacial score (nSPS) is 21.3. The molecule has 120 valence electrons. The summed E-state index contributed by atoms with van der Waals surface area (Å²) in [6.07, 6.45) is 0.510. The van der Waals surface area contributed by atoms with Gasteiger partial charge in [-0.1, -0.05) is 30.3 Å². The quantitative estimate of drug-likeness (QED) is 0.869. The van der Waals surface area contributed by atoms with E-state index < -0.39 is 11.7 Å². The molecule has 1 aliphatic rings. The molecule has 0 radical (unpaired) electrons. The Morgan fingerprint density at radius 3 is 2.64 bits per heavy atom. The largest absolute Gasteiger partial charge is 0.460 e. The molecule has 0 unspecified atom stereocenters. The number of cyclic esters (lactones) is 1. The first-order valence-electron chi connectivity index (χ1n) is 7.55. The molecule has 22 heavy (non-hydrogen) atoms. The van der Waals surface area contributed by atoms with E-state index in [0.717, 1.165) is 5.56 Å². The lowest BCUT2D eigenvalue weighted by atomic mass is 9.96. The van der Waals surface area contributed by atoms with Gasteiger partial charge < -0.3 is 14.8 Å². The molecule has 5 nitrogen and oxygen atoms in total. The van der Waals surface area contributed by atoms with Crippen molar-refractivity contribution in [2.45, 2.75) is 45.3 Å². The molecule has 2 atom stereocenters. The molecule has 1 amide bonds. The number of hydrogen-bond donors (Lipinski definition) is 1. The number of alkyl carbamates (subject to hydrolysis) is 1. The van der Waals surface area contributed by atoms with E-state index in [9.17, 15) is 9.59 Å². The third-order valence-corrected chi connectivity index (χ3v) is 3.36. The molecule has 2 rings (SSSR count). The van der Waals surface area contributed by atoms with E-state index in [1.807, 2.05) is 30.3 Å². The Kier molecular flexibility index (Phi) is 5.06. The molecule has 1 heterocycles. The molecule has 1 aromatic rings. The summed E-state index contributed by atoms with van der Waals surface area (Å²) >= 11 is 0. The lowest BCUT2D eigenvalue weighted by Crippen LogP contribution is -2.36. The van der Waals surface area contributed by atoms with Crippen LogP contribution in [-0.2, 0) is 20.7 Å². The number of carbonyl (C=O) groups is 2. The van der Waals surface area contributed by atoms with Gasteiger partial charge in [-0.2, -0.15) is 0 Å². The fourth-order valence-electron chi connectivity index (χ4n) is 2.42. The molecule has 0 aliphatic carbocycles. The van der Waals surface area contributed by atoms with Crippen LogP contribution in [0, 0.1) is 5.92 Å². The zero-order valence-corrected chi connectivity index (χ0v) is 13.3. The molecule has 1 saturated heterocycles. The van der Waals surface area contributed by atoms with Crippen molar-refractivity contribution in [3.05, 3.63) is 35.9 Å². The summed E-state index contributed by atoms with van der Waals surface area (Å²) in [5.41, 5.74) is 0.580. The maximum absolute atomic E-state index is 11.9. The topological polar surface area (TPSA) is 64.6 Å². The first-order valence-corrected chi connectivity index (χ1v) is 7.55. The van der Waals surface area contributed by atoms with Gasteiger partial charge in [-0.3, -0.25) is 4.79 Å². The van der Waals surface area contributed by atoms with E-state index in [-0.39, 0.29) is 24.5 Å². The summed E-state index contributed by atoms with van der Waals surface area (Å²) in [5.74, 6) is -0.340. The molecular formula is C17H23NO4. The maximum atomic E-state index is 11.9. The van der Waals surface area contributed by atoms with Gasteiger partial charge in [-0.25, -0.2) is 4.79 Å². The first-order chi connectivity index (χ1) is 10.3. The van der Waals surface area contributed by atoms with E-state index in [4.69, 9.17) is 9.47 Å². The van der Waals surface area contributed by atoms with Crippen LogP contribution in [0.25, 0.3) is 0 Å². The maximum Gasteiger partial charge on any atom is 0.407 e. The Morgan fingerprint density at radius 1 is 1.32 bits per heavy atom. The minimum absolute atomic E-state index is 0.146. The van der Waals surface area contributed by atoms with Crippen molar-refractivity contribution in [2.75, 3.05) is 6.54 Å². The molecule has 0 spiro atoms. The van der Waals surface area contributed by atoms with Crippen molar-refractivity contribution in [3.8, 4) is 0 Å². The predicted octanol–water partition coefficient (Wildman–Crippen LogP) is 2.69. The highest BCUT2D eigenvalue weighted by atomic mass is 16.6. The van der Waals surface area contributed by atoms with Gasteiger partial charge in [0.2, 0.25) is 0 Å². The van der Waals surface area contributed by atoms with Gasteiger partial charge in [-0.05, 0) is 39.2 Å². The molecule has 1 aliphatic heterocycles. The number of nitrogens with one attached hydrogen (secondary N) is 1. The highest BCUT2D eigenvalue weighted by Gasteiger charge is 2.34. The Morgan fingerprint density at radius 2 is 2.00 bits per heavy atom. The zero-order valence-electron chi connectivity index (χ0n) is 13.3. The van der Waals surface area contributed by atoms with E-state index in [1.165, 1.54) is 0 Å². The van der Waals surface area contributed by atoms with Crippen LogP contribution in [0.4, 0.5) is 4.79 Å². The number of ether oxygens (including phenoxy) is 2. The van der Waals surface area contributed by atoms with Crippen molar-refractivity contribution in [3.63, 3.8) is 0 Å².